The summed E-state index contributed by atoms with van der Waals surface area (Å²) in [6.45, 7) is 5.42. The van der Waals surface area contributed by atoms with Gasteiger partial charge >= 0.3 is 0 Å². The monoisotopic (exact) mass is 480 g/mol. The summed E-state index contributed by atoms with van der Waals surface area (Å²) in [5.74, 6) is 8.98. The van der Waals surface area contributed by atoms with E-state index in [-0.39, 0.29) is 18.0 Å². The molecule has 5 unspecified atom stereocenters. The highest BCUT2D eigenvalue weighted by Gasteiger charge is 2.25. The van der Waals surface area contributed by atoms with E-state index in [9.17, 15) is 0 Å². The van der Waals surface area contributed by atoms with Crippen LogP contribution in [0.5, 0.6) is 0 Å². The van der Waals surface area contributed by atoms with Crippen LogP contribution in [0.1, 0.15) is 50.5 Å². The Balaban J connectivity index is 1.36. The van der Waals surface area contributed by atoms with E-state index in [2.05, 4.69) is 111 Å². The highest BCUT2D eigenvalue weighted by atomic mass is 31.0. The van der Waals surface area contributed by atoms with Gasteiger partial charge < -0.3 is 15.0 Å². The Morgan fingerprint density at radius 1 is 1.27 bits per heavy atom. The summed E-state index contributed by atoms with van der Waals surface area (Å²) in [5, 5.41) is 3.57. The van der Waals surface area contributed by atoms with Gasteiger partial charge in [0.15, 0.2) is 0 Å². The number of aromatic amines is 1. The number of imidazole rings is 1. The zero-order chi connectivity index (χ0) is 23.4. The lowest BCUT2D eigenvalue weighted by Gasteiger charge is -2.27. The van der Waals surface area contributed by atoms with Gasteiger partial charge in [0.25, 0.3) is 0 Å². The maximum absolute atomic E-state index is 4.63. The first kappa shape index (κ1) is 24.0. The second-order valence-electron chi connectivity index (χ2n) is 8.84. The number of nitrogens with one attached hydrogen (secondary N) is 2. The molecular formula is C25H34N6P2. The fourth-order valence-corrected chi connectivity index (χ4v) is 5.11. The quantitative estimate of drug-likeness (QED) is 0.289. The lowest BCUT2D eigenvalue weighted by atomic mass is 10.0. The minimum absolute atomic E-state index is 0.185. The predicted octanol–water partition coefficient (Wildman–Crippen LogP) is 4.38. The van der Waals surface area contributed by atoms with Crippen molar-refractivity contribution in [1.29, 1.82) is 0 Å². The molecule has 0 saturated carbocycles. The van der Waals surface area contributed by atoms with Gasteiger partial charge in [-0.1, -0.05) is 39.4 Å². The summed E-state index contributed by atoms with van der Waals surface area (Å²) in [7, 11) is 7.41. The van der Waals surface area contributed by atoms with Crippen LogP contribution >= 0.6 is 18.8 Å². The maximum atomic E-state index is 4.63. The number of benzene rings is 1. The maximum Gasteiger partial charge on any atom is 0.124 e. The van der Waals surface area contributed by atoms with Crippen molar-refractivity contribution in [1.82, 2.24) is 24.6 Å². The third-order valence-electron chi connectivity index (χ3n) is 6.52. The van der Waals surface area contributed by atoms with Crippen molar-refractivity contribution < 1.29 is 0 Å². The zero-order valence-electron chi connectivity index (χ0n) is 19.6. The molecule has 1 aromatic heterocycles. The Morgan fingerprint density at radius 2 is 2.06 bits per heavy atom. The van der Waals surface area contributed by atoms with E-state index >= 15 is 0 Å². The van der Waals surface area contributed by atoms with Crippen LogP contribution in [0.3, 0.4) is 0 Å². The van der Waals surface area contributed by atoms with Gasteiger partial charge in [0.05, 0.1) is 24.0 Å². The number of aliphatic imine (C=N–C) groups is 1. The molecular weight excluding hydrogens is 446 g/mol. The normalized spacial score (nSPS) is 22.8. The van der Waals surface area contributed by atoms with Crippen LogP contribution in [0.4, 0.5) is 0 Å². The summed E-state index contributed by atoms with van der Waals surface area (Å²) in [4.78, 5) is 12.6. The number of H-pyrrole nitrogens is 1. The van der Waals surface area contributed by atoms with Crippen molar-refractivity contribution in [3.63, 3.8) is 0 Å². The zero-order valence-corrected chi connectivity index (χ0v) is 21.9. The molecule has 33 heavy (non-hydrogen) atoms. The molecule has 0 aliphatic carbocycles. The van der Waals surface area contributed by atoms with E-state index < -0.39 is 0 Å². The first-order chi connectivity index (χ1) is 16.0. The van der Waals surface area contributed by atoms with Gasteiger partial charge in [-0.15, -0.1) is 0 Å². The number of hydrogen-bond acceptors (Lipinski definition) is 4. The Bertz CT molecular complexity index is 1060. The topological polar surface area (TPSA) is 59.6 Å². The lowest BCUT2D eigenvalue weighted by molar-refractivity contribution is 0.434. The van der Waals surface area contributed by atoms with Gasteiger partial charge in [0, 0.05) is 31.1 Å². The number of aromatic nitrogens is 2. The van der Waals surface area contributed by atoms with Crippen LogP contribution in [-0.4, -0.2) is 50.8 Å². The smallest absolute Gasteiger partial charge is 0.124 e. The van der Waals surface area contributed by atoms with Crippen LogP contribution < -0.4 is 5.32 Å². The van der Waals surface area contributed by atoms with Crippen LogP contribution in [-0.2, 0) is 0 Å². The molecule has 0 radical (unpaired) electrons. The largest absolute Gasteiger partial charge is 0.368 e. The SMILES string of the molecule is CN=C(N[C@H](C)C(C)C#Cc1ccc(-c2cnc(C3CCCN3P)[nH]2)cc1)C1CC=CN1P. The second-order valence-corrected chi connectivity index (χ2v) is 10.1. The Morgan fingerprint density at radius 3 is 2.70 bits per heavy atom. The standard InChI is InChI=1S/C25H34N6P2/c1-17(18(2)28-24(26-3)22-6-4-14-30(22)32)8-9-19-10-12-20(13-11-19)21-16-27-25(29-21)23-7-5-15-31(23)33/h4,10-14,16-18,22-23H,5-7,15,32-33H2,1-3H3,(H,26,28)(H,27,29)/t17?,18-,22?,23?/m1/s1. The molecule has 2 N–H and O–H groups in total. The molecule has 0 spiro atoms. The highest BCUT2D eigenvalue weighted by Crippen LogP contribution is 2.33. The fraction of sp³-hybridized carbons (Fsp3) is 0.440. The molecule has 6 atom stereocenters. The predicted molar refractivity (Wildman–Crippen MR) is 144 cm³/mol. The summed E-state index contributed by atoms with van der Waals surface area (Å²) < 4.78 is 4.41. The van der Waals surface area contributed by atoms with Gasteiger partial charge in [-0.3, -0.25) is 9.66 Å². The molecule has 2 aliphatic heterocycles. The van der Waals surface area contributed by atoms with Crippen LogP contribution in [0, 0.1) is 17.8 Å². The molecule has 0 bridgehead atoms. The van der Waals surface area contributed by atoms with Gasteiger partial charge in [-0.2, -0.15) is 0 Å². The van der Waals surface area contributed by atoms with E-state index in [0.29, 0.717) is 6.04 Å². The van der Waals surface area contributed by atoms with Crippen molar-refractivity contribution >= 4 is 24.6 Å². The highest BCUT2D eigenvalue weighted by molar-refractivity contribution is 7.13. The van der Waals surface area contributed by atoms with Gasteiger partial charge in [-0.25, -0.2) is 4.98 Å². The van der Waals surface area contributed by atoms with E-state index in [1.54, 1.807) is 0 Å². The molecule has 1 saturated heterocycles. The molecule has 0 amide bonds. The average Bonchev–Trinajstić information content (AvgIpc) is 3.57. The average molecular weight is 481 g/mol. The molecule has 4 rings (SSSR count). The van der Waals surface area contributed by atoms with Crippen molar-refractivity contribution in [2.24, 2.45) is 10.9 Å². The third-order valence-corrected chi connectivity index (χ3v) is 7.67. The summed E-state index contributed by atoms with van der Waals surface area (Å²) in [6, 6.07) is 9.22. The number of amidine groups is 1. The number of rotatable bonds is 5. The molecule has 6 nitrogen and oxygen atoms in total. The number of hydrogen-bond donors (Lipinski definition) is 2. The number of nitrogens with zero attached hydrogens (tertiary/aromatic N) is 4. The first-order valence-corrected chi connectivity index (χ1v) is 12.6. The molecule has 174 valence electrons. The fourth-order valence-electron chi connectivity index (χ4n) is 4.25. The molecule has 8 heteroatoms. The van der Waals surface area contributed by atoms with Crippen molar-refractivity contribution in [3.8, 4) is 23.1 Å². The minimum atomic E-state index is 0.185. The van der Waals surface area contributed by atoms with Gasteiger partial charge in [0.1, 0.15) is 11.7 Å². The molecule has 2 aliphatic rings. The molecule has 1 aromatic carbocycles. The summed E-state index contributed by atoms with van der Waals surface area (Å²) in [6.07, 6.45) is 9.51. The van der Waals surface area contributed by atoms with E-state index in [1.807, 2.05) is 13.2 Å². The van der Waals surface area contributed by atoms with Gasteiger partial charge in [-0.05, 0) is 66.4 Å². The Labute approximate surface area is 202 Å². The van der Waals surface area contributed by atoms with E-state index in [4.69, 9.17) is 0 Å². The third kappa shape index (κ3) is 5.67. The Hall–Kier alpha value is -2.18. The second kappa shape index (κ2) is 10.8. The van der Waals surface area contributed by atoms with E-state index in [0.717, 1.165) is 47.9 Å². The first-order valence-electron chi connectivity index (χ1n) is 11.6. The Kier molecular flexibility index (Phi) is 7.86. The molecule has 1 fully saturated rings. The summed E-state index contributed by atoms with van der Waals surface area (Å²) in [5.41, 5.74) is 3.20. The van der Waals surface area contributed by atoms with Crippen molar-refractivity contribution in [2.75, 3.05) is 13.6 Å². The lowest BCUT2D eigenvalue weighted by Crippen LogP contribution is -2.45. The van der Waals surface area contributed by atoms with Crippen molar-refractivity contribution in [3.05, 3.63) is 54.1 Å². The molecule has 2 aromatic rings. The van der Waals surface area contributed by atoms with E-state index in [1.165, 1.54) is 6.42 Å². The van der Waals surface area contributed by atoms with Crippen LogP contribution in [0.2, 0.25) is 0 Å². The minimum Gasteiger partial charge on any atom is -0.368 e. The van der Waals surface area contributed by atoms with Crippen molar-refractivity contribution in [2.45, 2.75) is 51.2 Å². The molecule has 3 heterocycles. The van der Waals surface area contributed by atoms with Crippen LogP contribution in [0.25, 0.3) is 11.3 Å². The summed E-state index contributed by atoms with van der Waals surface area (Å²) >= 11 is 0. The van der Waals surface area contributed by atoms with Gasteiger partial charge in [0.2, 0.25) is 0 Å². The van der Waals surface area contributed by atoms with Crippen LogP contribution in [0.15, 0.2) is 47.7 Å².